The highest BCUT2D eigenvalue weighted by molar-refractivity contribution is 4.74. The van der Waals surface area contributed by atoms with Gasteiger partial charge in [-0.15, -0.1) is 0 Å². The van der Waals surface area contributed by atoms with Gasteiger partial charge in [0.25, 0.3) is 0 Å². The first-order valence-electron chi connectivity index (χ1n) is 2.00. The first-order valence-corrected chi connectivity index (χ1v) is 2.00. The molecule has 0 unspecified atom stereocenters. The number of rotatable bonds is 2. The van der Waals surface area contributed by atoms with E-state index >= 15 is 0 Å². The van der Waals surface area contributed by atoms with Gasteiger partial charge in [-0.1, -0.05) is 6.08 Å². The van der Waals surface area contributed by atoms with Crippen LogP contribution in [0.2, 0.25) is 0 Å². The molecule has 3 heteroatoms. The quantitative estimate of drug-likeness (QED) is 0.294. The topological polar surface area (TPSA) is 43.1 Å². The van der Waals surface area contributed by atoms with Crippen LogP contribution in [0.5, 0.6) is 0 Å². The summed E-state index contributed by atoms with van der Waals surface area (Å²) >= 11 is 0. The summed E-state index contributed by atoms with van der Waals surface area (Å²) in [6, 6.07) is 0. The van der Waals surface area contributed by atoms with E-state index in [1.165, 1.54) is 6.08 Å². The van der Waals surface area contributed by atoms with E-state index in [9.17, 15) is 10.1 Å². The van der Waals surface area contributed by atoms with Gasteiger partial charge >= 0.3 is 0 Å². The van der Waals surface area contributed by atoms with E-state index in [2.05, 4.69) is 0 Å². The van der Waals surface area contributed by atoms with Gasteiger partial charge in [-0.25, -0.2) is 0 Å². The molecule has 0 aromatic heterocycles. The fourth-order valence-electron chi connectivity index (χ4n) is 0.191. The highest BCUT2D eigenvalue weighted by Crippen LogP contribution is 1.70. The maximum Gasteiger partial charge on any atom is 0.222 e. The summed E-state index contributed by atoms with van der Waals surface area (Å²) in [5.74, 6) is 0. The predicted octanol–water partition coefficient (Wildman–Crippen LogP) is 0.839. The lowest BCUT2D eigenvalue weighted by Gasteiger charge is -1.78. The molecule has 0 rings (SSSR count). The number of nitro groups is 1. The highest BCUT2D eigenvalue weighted by atomic mass is 16.6. The Bertz CT molecular complexity index is 87.7. The van der Waals surface area contributed by atoms with E-state index in [0.29, 0.717) is 0 Å². The van der Waals surface area contributed by atoms with E-state index in [4.69, 9.17) is 0 Å². The number of hydrogen-bond donors (Lipinski definition) is 0. The van der Waals surface area contributed by atoms with Crippen LogP contribution in [-0.2, 0) is 0 Å². The Morgan fingerprint density at radius 3 is 2.57 bits per heavy atom. The van der Waals surface area contributed by atoms with Crippen molar-refractivity contribution < 1.29 is 4.92 Å². The molecule has 0 aliphatic carbocycles. The number of allylic oxidation sites excluding steroid dienone is 1. The molecule has 3 nitrogen and oxygen atoms in total. The SMILES string of the molecule is CC=CC[N+](=O)[O-]. The lowest BCUT2D eigenvalue weighted by atomic mass is 10.5. The van der Waals surface area contributed by atoms with Gasteiger partial charge in [0.1, 0.15) is 0 Å². The normalized spacial score (nSPS) is 9.86. The summed E-state index contributed by atoms with van der Waals surface area (Å²) in [6.07, 6.45) is 3.16. The Labute approximate surface area is 41.8 Å². The Hall–Kier alpha value is -0.860. The van der Waals surface area contributed by atoms with E-state index in [-0.39, 0.29) is 11.5 Å². The third-order valence-corrected chi connectivity index (χ3v) is 0.490. The van der Waals surface area contributed by atoms with Gasteiger partial charge < -0.3 is 0 Å². The van der Waals surface area contributed by atoms with Crippen molar-refractivity contribution in [2.75, 3.05) is 6.54 Å². The Kier molecular flexibility index (Phi) is 2.92. The molecule has 0 aromatic carbocycles. The standard InChI is InChI=1S/C4H7NO2/c1-2-3-4-5(6)7/h2-3H,4H2,1H3. The molecular formula is C4H7NO2. The van der Waals surface area contributed by atoms with Gasteiger partial charge in [0.2, 0.25) is 6.54 Å². The van der Waals surface area contributed by atoms with Crippen molar-refractivity contribution in [3.05, 3.63) is 22.3 Å². The molecule has 0 aromatic rings. The predicted molar refractivity (Wildman–Crippen MR) is 26.7 cm³/mol. The first-order chi connectivity index (χ1) is 3.27. The number of nitrogens with zero attached hydrogens (tertiary/aromatic N) is 1. The van der Waals surface area contributed by atoms with Crippen molar-refractivity contribution in [2.45, 2.75) is 6.92 Å². The summed E-state index contributed by atoms with van der Waals surface area (Å²) < 4.78 is 0. The molecule has 0 fully saturated rings. The molecule has 0 radical (unpaired) electrons. The van der Waals surface area contributed by atoms with Crippen LogP contribution in [0, 0.1) is 10.1 Å². The second kappa shape index (κ2) is 3.33. The fourth-order valence-corrected chi connectivity index (χ4v) is 0.191. The maximum absolute atomic E-state index is 9.51. The highest BCUT2D eigenvalue weighted by Gasteiger charge is 1.83. The molecule has 0 saturated carbocycles. The van der Waals surface area contributed by atoms with Crippen LogP contribution >= 0.6 is 0 Å². The van der Waals surface area contributed by atoms with Crippen LogP contribution in [0.1, 0.15) is 6.92 Å². The molecule has 0 amide bonds. The molecule has 0 aliphatic heterocycles. The number of hydrogen-bond acceptors (Lipinski definition) is 2. The van der Waals surface area contributed by atoms with Crippen molar-refractivity contribution in [3.63, 3.8) is 0 Å². The molecule has 40 valence electrons. The summed E-state index contributed by atoms with van der Waals surface area (Å²) in [4.78, 5) is 9.14. The van der Waals surface area contributed by atoms with Crippen LogP contribution in [0.3, 0.4) is 0 Å². The molecule has 0 bridgehead atoms. The molecule has 0 heterocycles. The molecule has 0 aliphatic rings. The molecule has 0 spiro atoms. The summed E-state index contributed by atoms with van der Waals surface area (Å²) in [7, 11) is 0. The summed E-state index contributed by atoms with van der Waals surface area (Å²) in [5.41, 5.74) is 0. The van der Waals surface area contributed by atoms with E-state index in [0.717, 1.165) is 0 Å². The molecule has 0 saturated heterocycles. The zero-order valence-electron chi connectivity index (χ0n) is 4.13. The Morgan fingerprint density at radius 1 is 1.86 bits per heavy atom. The van der Waals surface area contributed by atoms with E-state index < -0.39 is 0 Å². The average molecular weight is 101 g/mol. The smallest absolute Gasteiger partial charge is 0.222 e. The lowest BCUT2D eigenvalue weighted by molar-refractivity contribution is -0.468. The van der Waals surface area contributed by atoms with Crippen molar-refractivity contribution in [3.8, 4) is 0 Å². The van der Waals surface area contributed by atoms with Gasteiger partial charge in [-0.05, 0) is 13.0 Å². The van der Waals surface area contributed by atoms with Crippen LogP contribution in [0.15, 0.2) is 12.2 Å². The lowest BCUT2D eigenvalue weighted by Crippen LogP contribution is -1.94. The van der Waals surface area contributed by atoms with Gasteiger partial charge in [0.15, 0.2) is 0 Å². The molecule has 0 N–H and O–H groups in total. The van der Waals surface area contributed by atoms with Gasteiger partial charge in [-0.2, -0.15) is 0 Å². The zero-order chi connectivity index (χ0) is 5.70. The Morgan fingerprint density at radius 2 is 2.43 bits per heavy atom. The summed E-state index contributed by atoms with van der Waals surface area (Å²) in [5, 5.41) is 9.51. The van der Waals surface area contributed by atoms with Crippen LogP contribution in [0.25, 0.3) is 0 Å². The van der Waals surface area contributed by atoms with E-state index in [1.54, 1.807) is 13.0 Å². The third-order valence-electron chi connectivity index (χ3n) is 0.490. The van der Waals surface area contributed by atoms with Gasteiger partial charge in [-0.3, -0.25) is 10.1 Å². The van der Waals surface area contributed by atoms with Crippen LogP contribution in [-0.4, -0.2) is 11.5 Å². The maximum atomic E-state index is 9.51. The van der Waals surface area contributed by atoms with Crippen LogP contribution < -0.4 is 0 Å². The zero-order valence-corrected chi connectivity index (χ0v) is 4.13. The average Bonchev–Trinajstić information content (AvgIpc) is 1.61. The minimum absolute atomic E-state index is 0.0590. The van der Waals surface area contributed by atoms with Crippen LogP contribution in [0.4, 0.5) is 0 Å². The van der Waals surface area contributed by atoms with Crippen molar-refractivity contribution in [2.24, 2.45) is 0 Å². The second-order valence-corrected chi connectivity index (χ2v) is 1.08. The first kappa shape index (κ1) is 6.14. The third kappa shape index (κ3) is 5.14. The minimum Gasteiger partial charge on any atom is -0.264 e. The van der Waals surface area contributed by atoms with Crippen molar-refractivity contribution >= 4 is 0 Å². The largest absolute Gasteiger partial charge is 0.264 e. The second-order valence-electron chi connectivity index (χ2n) is 1.08. The fraction of sp³-hybridized carbons (Fsp3) is 0.500. The minimum atomic E-state index is -0.375. The van der Waals surface area contributed by atoms with E-state index in [1.807, 2.05) is 0 Å². The molecule has 7 heavy (non-hydrogen) atoms. The monoisotopic (exact) mass is 101 g/mol. The Balaban J connectivity index is 3.14. The molecule has 0 atom stereocenters. The van der Waals surface area contributed by atoms with Gasteiger partial charge in [0.05, 0.1) is 0 Å². The van der Waals surface area contributed by atoms with Crippen molar-refractivity contribution in [1.82, 2.24) is 0 Å². The molecular weight excluding hydrogens is 94.0 g/mol. The van der Waals surface area contributed by atoms with Gasteiger partial charge in [0, 0.05) is 4.92 Å². The summed E-state index contributed by atoms with van der Waals surface area (Å²) in [6.45, 7) is 1.69. The van der Waals surface area contributed by atoms with Crippen molar-refractivity contribution in [1.29, 1.82) is 0 Å².